The predicted octanol–water partition coefficient (Wildman–Crippen LogP) is 3.64. The van der Waals surface area contributed by atoms with Gasteiger partial charge in [-0.2, -0.15) is 0 Å². The second kappa shape index (κ2) is 14.8. The van der Waals surface area contributed by atoms with E-state index in [1.54, 1.807) is 0 Å². The molecule has 166 valence electrons. The Labute approximate surface area is 178 Å². The van der Waals surface area contributed by atoms with E-state index in [1.165, 1.54) is 24.9 Å². The van der Waals surface area contributed by atoms with E-state index >= 15 is 0 Å². The van der Waals surface area contributed by atoms with Crippen molar-refractivity contribution in [3.8, 4) is 5.75 Å². The monoisotopic (exact) mass is 405 g/mol. The van der Waals surface area contributed by atoms with Gasteiger partial charge in [-0.25, -0.2) is 0 Å². The van der Waals surface area contributed by atoms with Crippen LogP contribution < -0.4 is 10.1 Å². The minimum Gasteiger partial charge on any atom is -0.494 e. The molecule has 0 aromatic heterocycles. The van der Waals surface area contributed by atoms with Gasteiger partial charge in [0.1, 0.15) is 5.75 Å². The first-order valence-electron chi connectivity index (χ1n) is 11.7. The Morgan fingerprint density at radius 3 is 2.59 bits per heavy atom. The molecule has 0 aliphatic carbocycles. The van der Waals surface area contributed by atoms with Gasteiger partial charge < -0.3 is 19.7 Å². The minimum atomic E-state index is 0.774. The van der Waals surface area contributed by atoms with Crippen molar-refractivity contribution in [2.75, 3.05) is 65.6 Å². The quantitative estimate of drug-likeness (QED) is 0.451. The van der Waals surface area contributed by atoms with Crippen molar-refractivity contribution in [1.29, 1.82) is 0 Å². The number of ether oxygens (including phenoxy) is 2. The van der Waals surface area contributed by atoms with Crippen molar-refractivity contribution in [3.05, 3.63) is 29.8 Å². The van der Waals surface area contributed by atoms with Crippen LogP contribution in [0.4, 0.5) is 0 Å². The second-order valence-electron chi connectivity index (χ2n) is 8.24. The predicted molar refractivity (Wildman–Crippen MR) is 122 cm³/mol. The van der Waals surface area contributed by atoms with Crippen LogP contribution in [0.25, 0.3) is 0 Å². The topological polar surface area (TPSA) is 37.0 Å². The van der Waals surface area contributed by atoms with Gasteiger partial charge in [-0.05, 0) is 56.1 Å². The van der Waals surface area contributed by atoms with Crippen molar-refractivity contribution >= 4 is 0 Å². The van der Waals surface area contributed by atoms with Gasteiger partial charge in [0.15, 0.2) is 0 Å². The van der Waals surface area contributed by atoms with Gasteiger partial charge in [-0.3, -0.25) is 4.90 Å². The van der Waals surface area contributed by atoms with Gasteiger partial charge >= 0.3 is 0 Å². The van der Waals surface area contributed by atoms with Crippen LogP contribution in [-0.2, 0) is 11.3 Å². The van der Waals surface area contributed by atoms with E-state index in [0.29, 0.717) is 0 Å². The molecule has 0 amide bonds. The molecular formula is C24H43N3O2. The lowest BCUT2D eigenvalue weighted by Crippen LogP contribution is -2.37. The molecule has 0 spiro atoms. The van der Waals surface area contributed by atoms with E-state index < -0.39 is 0 Å². The Kier molecular flexibility index (Phi) is 12.3. The molecular weight excluding hydrogens is 362 g/mol. The molecule has 1 aromatic carbocycles. The average molecular weight is 406 g/mol. The van der Waals surface area contributed by atoms with Crippen LogP contribution in [0.15, 0.2) is 24.3 Å². The van der Waals surface area contributed by atoms with Gasteiger partial charge in [0.25, 0.3) is 0 Å². The van der Waals surface area contributed by atoms with Crippen LogP contribution in [0.3, 0.4) is 0 Å². The van der Waals surface area contributed by atoms with Crippen LogP contribution in [0.5, 0.6) is 5.75 Å². The number of rotatable bonds is 15. The van der Waals surface area contributed by atoms with E-state index in [9.17, 15) is 0 Å². The van der Waals surface area contributed by atoms with Crippen molar-refractivity contribution in [1.82, 2.24) is 15.1 Å². The van der Waals surface area contributed by atoms with Crippen LogP contribution in [0.2, 0.25) is 0 Å². The van der Waals surface area contributed by atoms with Crippen LogP contribution >= 0.6 is 0 Å². The molecule has 0 saturated carbocycles. The average Bonchev–Trinajstić information content (AvgIpc) is 2.77. The zero-order chi connectivity index (χ0) is 20.7. The third kappa shape index (κ3) is 10.4. The van der Waals surface area contributed by atoms with Crippen LogP contribution in [0.1, 0.15) is 45.6 Å². The fourth-order valence-electron chi connectivity index (χ4n) is 3.62. The second-order valence-corrected chi connectivity index (χ2v) is 8.24. The first-order valence-corrected chi connectivity index (χ1v) is 11.7. The van der Waals surface area contributed by atoms with Gasteiger partial charge in [0, 0.05) is 32.7 Å². The molecule has 1 aliphatic heterocycles. The van der Waals surface area contributed by atoms with Crippen LogP contribution in [0, 0.1) is 5.92 Å². The van der Waals surface area contributed by atoms with Crippen molar-refractivity contribution < 1.29 is 9.47 Å². The normalized spacial score (nSPS) is 16.3. The summed E-state index contributed by atoms with van der Waals surface area (Å²) in [4.78, 5) is 5.02. The Bertz CT molecular complexity index is 517. The molecule has 29 heavy (non-hydrogen) atoms. The summed E-state index contributed by atoms with van der Waals surface area (Å²) in [6, 6.07) is 8.54. The zero-order valence-corrected chi connectivity index (χ0v) is 19.0. The Morgan fingerprint density at radius 1 is 1.14 bits per heavy atom. The highest BCUT2D eigenvalue weighted by atomic mass is 16.5. The van der Waals surface area contributed by atoms with Gasteiger partial charge in [-0.1, -0.05) is 39.3 Å². The smallest absolute Gasteiger partial charge is 0.119 e. The maximum atomic E-state index is 5.93. The number of hydrogen-bond donors (Lipinski definition) is 1. The molecule has 1 unspecified atom stereocenters. The van der Waals surface area contributed by atoms with Crippen LogP contribution in [-0.4, -0.2) is 75.4 Å². The van der Waals surface area contributed by atoms with Crippen molar-refractivity contribution in [2.24, 2.45) is 5.92 Å². The molecule has 1 aromatic rings. The summed E-state index contributed by atoms with van der Waals surface area (Å²) in [6.45, 7) is 18.1. The zero-order valence-electron chi connectivity index (χ0n) is 19.0. The molecule has 1 N–H and O–H groups in total. The lowest BCUT2D eigenvalue weighted by molar-refractivity contribution is 0.0374. The third-order valence-electron chi connectivity index (χ3n) is 5.79. The summed E-state index contributed by atoms with van der Waals surface area (Å²) in [7, 11) is 0. The van der Waals surface area contributed by atoms with Gasteiger partial charge in [-0.15, -0.1) is 0 Å². The standard InChI is InChI=1S/C24H43N3O2/c1-4-22(3)21-26(5-2)14-7-17-29-24-10-8-23(9-11-24)20-25-12-6-13-27-15-18-28-19-16-27/h8-11,22,25H,4-7,12-21H2,1-3H3. The first kappa shape index (κ1) is 24.1. The maximum absolute atomic E-state index is 5.93. The van der Waals surface area contributed by atoms with E-state index in [0.717, 1.165) is 83.7 Å². The molecule has 0 radical (unpaired) electrons. The van der Waals surface area contributed by atoms with Gasteiger partial charge in [0.2, 0.25) is 0 Å². The number of hydrogen-bond acceptors (Lipinski definition) is 5. The lowest BCUT2D eigenvalue weighted by atomic mass is 10.1. The highest BCUT2D eigenvalue weighted by Gasteiger charge is 2.09. The third-order valence-corrected chi connectivity index (χ3v) is 5.79. The Morgan fingerprint density at radius 2 is 1.90 bits per heavy atom. The highest BCUT2D eigenvalue weighted by molar-refractivity contribution is 5.27. The maximum Gasteiger partial charge on any atom is 0.119 e. The number of nitrogens with zero attached hydrogens (tertiary/aromatic N) is 2. The Balaban J connectivity index is 1.53. The fraction of sp³-hybridized carbons (Fsp3) is 0.750. The summed E-state index contributed by atoms with van der Waals surface area (Å²) < 4.78 is 11.3. The molecule has 2 rings (SSSR count). The molecule has 1 fully saturated rings. The molecule has 5 heteroatoms. The van der Waals surface area contributed by atoms with Gasteiger partial charge in [0.05, 0.1) is 19.8 Å². The molecule has 0 bridgehead atoms. The van der Waals surface area contributed by atoms with E-state index in [-0.39, 0.29) is 0 Å². The summed E-state index contributed by atoms with van der Waals surface area (Å²) in [5.74, 6) is 1.75. The summed E-state index contributed by atoms with van der Waals surface area (Å²) in [5.41, 5.74) is 1.31. The lowest BCUT2D eigenvalue weighted by Gasteiger charge is -2.26. The summed E-state index contributed by atoms with van der Waals surface area (Å²) in [6.07, 6.45) is 3.52. The molecule has 1 saturated heterocycles. The molecule has 1 heterocycles. The summed E-state index contributed by atoms with van der Waals surface area (Å²) >= 11 is 0. The van der Waals surface area contributed by atoms with E-state index in [2.05, 4.69) is 60.2 Å². The largest absolute Gasteiger partial charge is 0.494 e. The SMILES string of the molecule is CCC(C)CN(CC)CCCOc1ccc(CNCCCN2CCOCC2)cc1. The van der Waals surface area contributed by atoms with E-state index in [1.807, 2.05) is 0 Å². The highest BCUT2D eigenvalue weighted by Crippen LogP contribution is 2.13. The Hall–Kier alpha value is -1.14. The number of morpholine rings is 1. The molecule has 1 aliphatic rings. The molecule has 1 atom stereocenters. The van der Waals surface area contributed by atoms with Crippen molar-refractivity contribution in [3.63, 3.8) is 0 Å². The minimum absolute atomic E-state index is 0.774. The number of benzene rings is 1. The number of nitrogens with one attached hydrogen (secondary N) is 1. The summed E-state index contributed by atoms with van der Waals surface area (Å²) in [5, 5.41) is 3.55. The van der Waals surface area contributed by atoms with E-state index in [4.69, 9.17) is 9.47 Å². The fourth-order valence-corrected chi connectivity index (χ4v) is 3.62. The van der Waals surface area contributed by atoms with Crippen molar-refractivity contribution in [2.45, 2.75) is 46.6 Å². The first-order chi connectivity index (χ1) is 14.2. The molecule has 5 nitrogen and oxygen atoms in total.